The van der Waals surface area contributed by atoms with Crippen molar-refractivity contribution >= 4 is 28.6 Å². The van der Waals surface area contributed by atoms with Gasteiger partial charge in [0.2, 0.25) is 5.95 Å². The number of fused-ring (bicyclic) bond motifs is 1. The number of nitro benzene ring substituents is 1. The van der Waals surface area contributed by atoms with Crippen molar-refractivity contribution in [2.24, 2.45) is 0 Å². The molecular formula is C19H22N8O2. The molecule has 0 bridgehead atoms. The van der Waals surface area contributed by atoms with Crippen LogP contribution in [-0.4, -0.2) is 57.2 Å². The maximum absolute atomic E-state index is 10.9. The lowest BCUT2D eigenvalue weighted by atomic mass is 10.2. The molecule has 3 aromatic rings. The number of nitrogens with zero attached hydrogens (tertiary/aromatic N) is 6. The Labute approximate surface area is 167 Å². The van der Waals surface area contributed by atoms with Crippen LogP contribution < -0.4 is 15.5 Å². The van der Waals surface area contributed by atoms with Crippen molar-refractivity contribution in [2.75, 3.05) is 42.9 Å². The van der Waals surface area contributed by atoms with E-state index in [2.05, 4.69) is 27.1 Å². The molecular weight excluding hydrogens is 372 g/mol. The summed E-state index contributed by atoms with van der Waals surface area (Å²) in [5.41, 5.74) is 2.41. The molecule has 1 aromatic carbocycles. The molecule has 0 radical (unpaired) electrons. The molecule has 150 valence electrons. The van der Waals surface area contributed by atoms with E-state index >= 15 is 0 Å². The first-order valence-electron chi connectivity index (χ1n) is 9.42. The average molecular weight is 394 g/mol. The molecule has 10 heteroatoms. The molecule has 3 heterocycles. The van der Waals surface area contributed by atoms with Gasteiger partial charge in [0.05, 0.1) is 17.8 Å². The Morgan fingerprint density at radius 3 is 2.69 bits per heavy atom. The van der Waals surface area contributed by atoms with Gasteiger partial charge in [-0.1, -0.05) is 18.2 Å². The van der Waals surface area contributed by atoms with E-state index in [1.165, 1.54) is 12.1 Å². The van der Waals surface area contributed by atoms with E-state index in [1.54, 1.807) is 24.5 Å². The van der Waals surface area contributed by atoms with Crippen LogP contribution in [0.5, 0.6) is 0 Å². The minimum Gasteiger partial charge on any atom is -0.365 e. The largest absolute Gasteiger partial charge is 0.365 e. The number of nitrogens with one attached hydrogen (secondary N) is 2. The van der Waals surface area contributed by atoms with E-state index < -0.39 is 4.92 Å². The van der Waals surface area contributed by atoms with Crippen LogP contribution in [0.4, 0.5) is 17.5 Å². The van der Waals surface area contributed by atoms with Crippen molar-refractivity contribution < 1.29 is 4.92 Å². The van der Waals surface area contributed by atoms with Crippen LogP contribution in [0.1, 0.15) is 5.56 Å². The zero-order valence-corrected chi connectivity index (χ0v) is 15.9. The third kappa shape index (κ3) is 4.02. The highest BCUT2D eigenvalue weighted by Gasteiger charge is 2.19. The quantitative estimate of drug-likeness (QED) is 0.354. The third-order valence-electron chi connectivity index (χ3n) is 4.77. The van der Waals surface area contributed by atoms with Gasteiger partial charge in [0, 0.05) is 44.9 Å². The Balaban J connectivity index is 1.70. The summed E-state index contributed by atoms with van der Waals surface area (Å²) in [5.74, 6) is 1.34. The summed E-state index contributed by atoms with van der Waals surface area (Å²) in [6, 6.07) is 6.51. The van der Waals surface area contributed by atoms with Crippen LogP contribution in [0.3, 0.4) is 0 Å². The van der Waals surface area contributed by atoms with E-state index in [0.29, 0.717) is 30.4 Å². The summed E-state index contributed by atoms with van der Waals surface area (Å²) >= 11 is 0. The lowest BCUT2D eigenvalue weighted by molar-refractivity contribution is -0.384. The minimum atomic E-state index is -0.402. The second-order valence-electron chi connectivity index (χ2n) is 6.75. The van der Waals surface area contributed by atoms with Gasteiger partial charge in [-0.15, -0.1) is 6.58 Å². The van der Waals surface area contributed by atoms with Gasteiger partial charge in [-0.3, -0.25) is 10.1 Å². The lowest BCUT2D eigenvalue weighted by Gasteiger charge is -2.27. The van der Waals surface area contributed by atoms with Gasteiger partial charge in [-0.05, 0) is 5.56 Å². The van der Waals surface area contributed by atoms with Crippen molar-refractivity contribution in [2.45, 2.75) is 6.54 Å². The molecule has 10 nitrogen and oxygen atoms in total. The molecule has 1 aliphatic heterocycles. The molecule has 0 aliphatic carbocycles. The number of non-ortho nitro benzene ring substituents is 1. The van der Waals surface area contributed by atoms with Crippen LogP contribution >= 0.6 is 0 Å². The number of benzene rings is 1. The predicted molar refractivity (Wildman–Crippen MR) is 111 cm³/mol. The number of piperazine rings is 1. The van der Waals surface area contributed by atoms with Gasteiger partial charge in [0.25, 0.3) is 5.69 Å². The molecule has 4 rings (SSSR count). The Bertz CT molecular complexity index is 1020. The first kappa shape index (κ1) is 18.8. The summed E-state index contributed by atoms with van der Waals surface area (Å²) < 4.78 is 1.93. The number of hydrogen-bond donors (Lipinski definition) is 2. The van der Waals surface area contributed by atoms with E-state index in [4.69, 9.17) is 9.97 Å². The van der Waals surface area contributed by atoms with Crippen molar-refractivity contribution in [3.63, 3.8) is 0 Å². The third-order valence-corrected chi connectivity index (χ3v) is 4.77. The second kappa shape index (κ2) is 8.23. The maximum Gasteiger partial charge on any atom is 0.269 e. The van der Waals surface area contributed by atoms with Crippen molar-refractivity contribution in [3.05, 3.63) is 58.9 Å². The highest BCUT2D eigenvalue weighted by atomic mass is 16.6. The molecule has 0 saturated carbocycles. The zero-order chi connectivity index (χ0) is 20.2. The number of nitro groups is 1. The minimum absolute atomic E-state index is 0.0727. The van der Waals surface area contributed by atoms with Crippen LogP contribution in [0, 0.1) is 10.1 Å². The predicted octanol–water partition coefficient (Wildman–Crippen LogP) is 1.79. The fourth-order valence-electron chi connectivity index (χ4n) is 3.27. The number of rotatable bonds is 7. The van der Waals surface area contributed by atoms with Gasteiger partial charge >= 0.3 is 0 Å². The molecule has 1 aliphatic rings. The lowest BCUT2D eigenvalue weighted by Crippen LogP contribution is -2.44. The first-order valence-corrected chi connectivity index (χ1v) is 9.42. The number of anilines is 2. The fraction of sp³-hybridized carbons (Fsp3) is 0.316. The van der Waals surface area contributed by atoms with Crippen molar-refractivity contribution in [1.29, 1.82) is 0 Å². The highest BCUT2D eigenvalue weighted by molar-refractivity contribution is 5.84. The monoisotopic (exact) mass is 394 g/mol. The zero-order valence-electron chi connectivity index (χ0n) is 15.9. The Hall–Kier alpha value is -3.53. The maximum atomic E-state index is 10.9. The first-order chi connectivity index (χ1) is 14.2. The Kier molecular flexibility index (Phi) is 5.34. The topological polar surface area (TPSA) is 114 Å². The summed E-state index contributed by atoms with van der Waals surface area (Å²) in [6.07, 6.45) is 3.49. The molecule has 1 fully saturated rings. The van der Waals surface area contributed by atoms with E-state index in [1.807, 2.05) is 4.57 Å². The van der Waals surface area contributed by atoms with Crippen molar-refractivity contribution in [1.82, 2.24) is 24.8 Å². The highest BCUT2D eigenvalue weighted by Crippen LogP contribution is 2.24. The Morgan fingerprint density at radius 1 is 1.24 bits per heavy atom. The average Bonchev–Trinajstić information content (AvgIpc) is 3.16. The van der Waals surface area contributed by atoms with Crippen LogP contribution in [0.25, 0.3) is 11.2 Å². The van der Waals surface area contributed by atoms with E-state index in [-0.39, 0.29) is 5.69 Å². The van der Waals surface area contributed by atoms with Gasteiger partial charge in [0.1, 0.15) is 0 Å². The van der Waals surface area contributed by atoms with Gasteiger partial charge in [0.15, 0.2) is 17.0 Å². The summed E-state index contributed by atoms with van der Waals surface area (Å²) in [7, 11) is 0. The van der Waals surface area contributed by atoms with Gasteiger partial charge in [-0.25, -0.2) is 4.98 Å². The SMILES string of the molecule is C=CCNc1nc(N2CCNCC2)nc2c1ncn2Cc1ccc([N+](=O)[O-])cc1. The van der Waals surface area contributed by atoms with Crippen molar-refractivity contribution in [3.8, 4) is 0 Å². The summed E-state index contributed by atoms with van der Waals surface area (Å²) in [6.45, 7) is 8.28. The summed E-state index contributed by atoms with van der Waals surface area (Å²) in [4.78, 5) is 26.6. The number of hydrogen-bond acceptors (Lipinski definition) is 8. The standard InChI is InChI=1S/C19H22N8O2/c1-2-7-21-17-16-18(24-19(23-17)25-10-8-20-9-11-25)26(13-22-16)12-14-3-5-15(6-4-14)27(28)29/h2-6,13,20H,1,7-12H2,(H,21,23,24). The fourth-order valence-corrected chi connectivity index (χ4v) is 3.27. The van der Waals surface area contributed by atoms with Crippen LogP contribution in [0.2, 0.25) is 0 Å². The van der Waals surface area contributed by atoms with Gasteiger partial charge < -0.3 is 20.1 Å². The normalized spacial score (nSPS) is 14.1. The second-order valence-corrected chi connectivity index (χ2v) is 6.75. The van der Waals surface area contributed by atoms with E-state index in [9.17, 15) is 10.1 Å². The molecule has 1 saturated heterocycles. The molecule has 0 amide bonds. The molecule has 0 unspecified atom stereocenters. The molecule has 0 atom stereocenters. The smallest absolute Gasteiger partial charge is 0.269 e. The number of imidazole rings is 1. The molecule has 0 spiro atoms. The Morgan fingerprint density at radius 2 is 2.00 bits per heavy atom. The molecule has 2 aromatic heterocycles. The summed E-state index contributed by atoms with van der Waals surface area (Å²) in [5, 5.41) is 17.4. The van der Waals surface area contributed by atoms with Crippen LogP contribution in [0.15, 0.2) is 43.2 Å². The van der Waals surface area contributed by atoms with Gasteiger partial charge in [-0.2, -0.15) is 9.97 Å². The number of aromatic nitrogens is 4. The molecule has 29 heavy (non-hydrogen) atoms. The van der Waals surface area contributed by atoms with E-state index in [0.717, 1.165) is 37.4 Å². The van der Waals surface area contributed by atoms with Crippen LogP contribution in [-0.2, 0) is 6.54 Å². The molecule has 2 N–H and O–H groups in total.